The van der Waals surface area contributed by atoms with Gasteiger partial charge in [0.05, 0.1) is 6.04 Å². The molecule has 8 heteroatoms. The molecule has 7 nitrogen and oxygen atoms in total. The molecule has 0 aliphatic heterocycles. The zero-order valence-electron chi connectivity index (χ0n) is 11.2. The molecule has 0 rings (SSSR count). The number of amides is 1. The molecule has 0 fully saturated rings. The van der Waals surface area contributed by atoms with Crippen LogP contribution in [-0.4, -0.2) is 46.7 Å². The fourth-order valence-electron chi connectivity index (χ4n) is 1.67. The van der Waals surface area contributed by atoms with Crippen molar-refractivity contribution in [3.8, 4) is 0 Å². The Morgan fingerprint density at radius 3 is 2.47 bits per heavy atom. The standard InChI is InChI=1S/C11H23BN2O5/c1-2-9(13)11(17)14-7-8(6-10(15)16)4-3-5-12(18)19/h8-9,18-19H,2-7,13H2,1H3,(H,14,17)(H,15,16)/t8-,9+/m1/s1. The van der Waals surface area contributed by atoms with Gasteiger partial charge in [0.1, 0.15) is 0 Å². The number of rotatable bonds is 10. The normalized spacial score (nSPS) is 13.7. The third-order valence-electron chi connectivity index (χ3n) is 2.88. The molecule has 0 saturated carbocycles. The minimum Gasteiger partial charge on any atom is -0.481 e. The summed E-state index contributed by atoms with van der Waals surface area (Å²) in [5.41, 5.74) is 5.55. The second kappa shape index (κ2) is 9.77. The van der Waals surface area contributed by atoms with Crippen LogP contribution in [0.2, 0.25) is 6.32 Å². The average Bonchev–Trinajstić information content (AvgIpc) is 2.33. The summed E-state index contributed by atoms with van der Waals surface area (Å²) in [5, 5.41) is 28.8. The first kappa shape index (κ1) is 17.9. The maximum absolute atomic E-state index is 11.5. The molecule has 0 radical (unpaired) electrons. The molecule has 1 amide bonds. The monoisotopic (exact) mass is 274 g/mol. The highest BCUT2D eigenvalue weighted by Crippen LogP contribution is 2.13. The lowest BCUT2D eigenvalue weighted by Gasteiger charge is -2.17. The van der Waals surface area contributed by atoms with Gasteiger partial charge in [-0.3, -0.25) is 9.59 Å². The van der Waals surface area contributed by atoms with E-state index >= 15 is 0 Å². The molecule has 0 aromatic carbocycles. The lowest BCUT2D eigenvalue weighted by atomic mass is 9.82. The number of hydrogen-bond donors (Lipinski definition) is 5. The topological polar surface area (TPSA) is 133 Å². The van der Waals surface area contributed by atoms with Crippen LogP contribution < -0.4 is 11.1 Å². The first-order valence-electron chi connectivity index (χ1n) is 6.48. The van der Waals surface area contributed by atoms with E-state index < -0.39 is 19.1 Å². The Kier molecular flexibility index (Phi) is 9.19. The largest absolute Gasteiger partial charge is 0.481 e. The van der Waals surface area contributed by atoms with Gasteiger partial charge in [0, 0.05) is 13.0 Å². The number of nitrogens with two attached hydrogens (primary N) is 1. The Bertz CT molecular complexity index is 288. The van der Waals surface area contributed by atoms with Crippen LogP contribution in [0.4, 0.5) is 0 Å². The molecule has 0 saturated heterocycles. The minimum absolute atomic E-state index is 0.0663. The van der Waals surface area contributed by atoms with Crippen LogP contribution in [0, 0.1) is 5.92 Å². The predicted molar refractivity (Wildman–Crippen MR) is 71.3 cm³/mol. The zero-order valence-corrected chi connectivity index (χ0v) is 11.2. The number of carboxylic acid groups (broad SMARTS) is 1. The molecule has 0 aromatic heterocycles. The fourth-order valence-corrected chi connectivity index (χ4v) is 1.67. The lowest BCUT2D eigenvalue weighted by Crippen LogP contribution is -2.42. The number of aliphatic carboxylic acids is 1. The number of carbonyl (C=O) groups excluding carboxylic acids is 1. The Morgan fingerprint density at radius 2 is 2.00 bits per heavy atom. The van der Waals surface area contributed by atoms with Crippen molar-refractivity contribution in [3.05, 3.63) is 0 Å². The molecular formula is C11H23BN2O5. The molecule has 2 atom stereocenters. The molecule has 19 heavy (non-hydrogen) atoms. The van der Waals surface area contributed by atoms with Gasteiger partial charge in [0.2, 0.25) is 5.91 Å². The van der Waals surface area contributed by atoms with E-state index in [1.54, 1.807) is 6.92 Å². The van der Waals surface area contributed by atoms with Crippen LogP contribution in [0.25, 0.3) is 0 Å². The van der Waals surface area contributed by atoms with Crippen molar-refractivity contribution < 1.29 is 24.7 Å². The van der Waals surface area contributed by atoms with Crippen molar-refractivity contribution in [2.45, 2.75) is 45.0 Å². The van der Waals surface area contributed by atoms with Crippen LogP contribution in [0.1, 0.15) is 32.6 Å². The van der Waals surface area contributed by atoms with Crippen molar-refractivity contribution in [1.82, 2.24) is 5.32 Å². The van der Waals surface area contributed by atoms with Crippen LogP contribution >= 0.6 is 0 Å². The van der Waals surface area contributed by atoms with E-state index in [1.165, 1.54) is 0 Å². The SMILES string of the molecule is CC[C@H](N)C(=O)NC[C@H](CCCB(O)O)CC(=O)O. The fraction of sp³-hybridized carbons (Fsp3) is 0.818. The van der Waals surface area contributed by atoms with Crippen molar-refractivity contribution >= 4 is 19.0 Å². The minimum atomic E-state index is -1.38. The zero-order chi connectivity index (χ0) is 14.8. The molecular weight excluding hydrogens is 251 g/mol. The molecule has 6 N–H and O–H groups in total. The van der Waals surface area contributed by atoms with E-state index in [2.05, 4.69) is 5.32 Å². The molecule has 0 spiro atoms. The van der Waals surface area contributed by atoms with Crippen molar-refractivity contribution in [3.63, 3.8) is 0 Å². The van der Waals surface area contributed by atoms with Gasteiger partial charge >= 0.3 is 13.1 Å². The Morgan fingerprint density at radius 1 is 1.37 bits per heavy atom. The molecule has 0 aliphatic rings. The Hall–Kier alpha value is -1.12. The number of carbonyl (C=O) groups is 2. The summed E-state index contributed by atoms with van der Waals surface area (Å²) in [4.78, 5) is 22.2. The summed E-state index contributed by atoms with van der Waals surface area (Å²) in [6.07, 6.45) is 1.64. The quantitative estimate of drug-likeness (QED) is 0.331. The second-order valence-corrected chi connectivity index (χ2v) is 4.64. The smallest absolute Gasteiger partial charge is 0.451 e. The maximum Gasteiger partial charge on any atom is 0.451 e. The van der Waals surface area contributed by atoms with Crippen molar-refractivity contribution in [1.29, 1.82) is 0 Å². The van der Waals surface area contributed by atoms with Crippen molar-refractivity contribution in [2.75, 3.05) is 6.54 Å². The number of nitrogens with one attached hydrogen (secondary N) is 1. The summed E-state index contributed by atoms with van der Waals surface area (Å²) in [6.45, 7) is 2.03. The van der Waals surface area contributed by atoms with Crippen LogP contribution in [0.15, 0.2) is 0 Å². The molecule has 0 heterocycles. The third kappa shape index (κ3) is 9.46. The van der Waals surface area contributed by atoms with E-state index in [9.17, 15) is 9.59 Å². The van der Waals surface area contributed by atoms with Crippen molar-refractivity contribution in [2.24, 2.45) is 11.7 Å². The summed E-state index contributed by atoms with van der Waals surface area (Å²) in [5.74, 6) is -1.46. The number of carboxylic acids is 1. The first-order valence-corrected chi connectivity index (χ1v) is 6.48. The highest BCUT2D eigenvalue weighted by molar-refractivity contribution is 6.40. The Balaban J connectivity index is 4.12. The van der Waals surface area contributed by atoms with Gasteiger partial charge in [0.25, 0.3) is 0 Å². The van der Waals surface area contributed by atoms with Gasteiger partial charge in [-0.15, -0.1) is 0 Å². The van der Waals surface area contributed by atoms with Gasteiger partial charge < -0.3 is 26.2 Å². The van der Waals surface area contributed by atoms with Crippen LogP contribution in [0.5, 0.6) is 0 Å². The van der Waals surface area contributed by atoms with E-state index in [4.69, 9.17) is 20.9 Å². The average molecular weight is 274 g/mol. The summed E-state index contributed by atoms with van der Waals surface area (Å²) in [7, 11) is -1.38. The molecule has 0 unspecified atom stereocenters. The molecule has 110 valence electrons. The van der Waals surface area contributed by atoms with Gasteiger partial charge in [-0.05, 0) is 25.1 Å². The molecule has 0 aromatic rings. The predicted octanol–water partition coefficient (Wildman–Crippen LogP) is -0.816. The lowest BCUT2D eigenvalue weighted by molar-refractivity contribution is -0.138. The highest BCUT2D eigenvalue weighted by Gasteiger charge is 2.17. The van der Waals surface area contributed by atoms with E-state index in [0.717, 1.165) is 0 Å². The van der Waals surface area contributed by atoms with Gasteiger partial charge in [-0.1, -0.05) is 13.3 Å². The Labute approximate surface area is 113 Å². The first-order chi connectivity index (χ1) is 8.86. The number of hydrogen-bond acceptors (Lipinski definition) is 5. The summed E-state index contributed by atoms with van der Waals surface area (Å²) in [6, 6.07) is -0.579. The second-order valence-electron chi connectivity index (χ2n) is 4.64. The van der Waals surface area contributed by atoms with E-state index in [1.807, 2.05) is 0 Å². The van der Waals surface area contributed by atoms with Gasteiger partial charge in [0.15, 0.2) is 0 Å². The third-order valence-corrected chi connectivity index (χ3v) is 2.88. The molecule has 0 aliphatic carbocycles. The van der Waals surface area contributed by atoms with Gasteiger partial charge in [-0.2, -0.15) is 0 Å². The highest BCUT2D eigenvalue weighted by atomic mass is 16.4. The van der Waals surface area contributed by atoms with E-state index in [-0.39, 0.29) is 31.1 Å². The molecule has 0 bridgehead atoms. The van der Waals surface area contributed by atoms with Crippen LogP contribution in [-0.2, 0) is 9.59 Å². The maximum atomic E-state index is 11.5. The van der Waals surface area contributed by atoms with Crippen LogP contribution in [0.3, 0.4) is 0 Å². The van der Waals surface area contributed by atoms with Gasteiger partial charge in [-0.25, -0.2) is 0 Å². The summed E-state index contributed by atoms with van der Waals surface area (Å²) < 4.78 is 0. The van der Waals surface area contributed by atoms with E-state index in [0.29, 0.717) is 19.3 Å². The summed E-state index contributed by atoms with van der Waals surface area (Å²) >= 11 is 0.